The molecule has 0 radical (unpaired) electrons. The van der Waals surface area contributed by atoms with Crippen molar-refractivity contribution in [2.75, 3.05) is 0 Å². The summed E-state index contributed by atoms with van der Waals surface area (Å²) in [5.74, 6) is 4.86. The molecule has 0 aliphatic rings. The van der Waals surface area contributed by atoms with Crippen molar-refractivity contribution < 1.29 is 4.79 Å². The van der Waals surface area contributed by atoms with Crippen LogP contribution in [0.15, 0.2) is 47.4 Å². The Morgan fingerprint density at radius 3 is 2.60 bits per heavy atom. The standard InChI is InChI=1S/C15H17N3O2/c1-11-5-4-8-18(15(11)20)10-13-7-3-2-6-12(13)9-14(19)17-16/h2-8H,9-10,16H2,1H3,(H,17,19). The maximum Gasteiger partial charge on any atom is 0.253 e. The van der Waals surface area contributed by atoms with Crippen molar-refractivity contribution in [1.29, 1.82) is 0 Å². The van der Waals surface area contributed by atoms with Gasteiger partial charge in [-0.2, -0.15) is 0 Å². The average molecular weight is 271 g/mol. The normalized spacial score (nSPS) is 10.3. The maximum absolute atomic E-state index is 12.0. The summed E-state index contributed by atoms with van der Waals surface area (Å²) in [5, 5.41) is 0. The van der Waals surface area contributed by atoms with E-state index in [1.54, 1.807) is 23.8 Å². The molecule has 0 unspecified atom stereocenters. The van der Waals surface area contributed by atoms with E-state index in [4.69, 9.17) is 5.84 Å². The number of pyridine rings is 1. The predicted octanol–water partition coefficient (Wildman–Crippen LogP) is 0.737. The molecule has 0 saturated heterocycles. The van der Waals surface area contributed by atoms with Crippen LogP contribution in [-0.2, 0) is 17.8 Å². The Hall–Kier alpha value is -2.40. The van der Waals surface area contributed by atoms with Crippen LogP contribution < -0.4 is 16.8 Å². The molecule has 5 heteroatoms. The Kier molecular flexibility index (Phi) is 4.32. The van der Waals surface area contributed by atoms with Gasteiger partial charge in [-0.15, -0.1) is 0 Å². The zero-order valence-electron chi connectivity index (χ0n) is 11.3. The third-order valence-electron chi connectivity index (χ3n) is 3.18. The Labute approximate surface area is 117 Å². The summed E-state index contributed by atoms with van der Waals surface area (Å²) >= 11 is 0. The van der Waals surface area contributed by atoms with E-state index in [2.05, 4.69) is 5.43 Å². The van der Waals surface area contributed by atoms with E-state index < -0.39 is 0 Å². The van der Waals surface area contributed by atoms with E-state index in [9.17, 15) is 9.59 Å². The van der Waals surface area contributed by atoms with Crippen LogP contribution in [-0.4, -0.2) is 10.5 Å². The molecule has 2 rings (SSSR count). The number of hydrazine groups is 1. The van der Waals surface area contributed by atoms with Crippen LogP contribution in [0.4, 0.5) is 0 Å². The highest BCUT2D eigenvalue weighted by Gasteiger charge is 2.08. The molecule has 1 aromatic heterocycles. The molecule has 1 heterocycles. The molecule has 20 heavy (non-hydrogen) atoms. The van der Waals surface area contributed by atoms with Crippen LogP contribution in [0.5, 0.6) is 0 Å². The fourth-order valence-corrected chi connectivity index (χ4v) is 2.07. The van der Waals surface area contributed by atoms with Gasteiger partial charge in [-0.25, -0.2) is 5.84 Å². The smallest absolute Gasteiger partial charge is 0.253 e. The van der Waals surface area contributed by atoms with Crippen molar-refractivity contribution in [1.82, 2.24) is 9.99 Å². The first-order valence-corrected chi connectivity index (χ1v) is 6.34. The third kappa shape index (κ3) is 3.13. The van der Waals surface area contributed by atoms with Crippen molar-refractivity contribution in [3.8, 4) is 0 Å². The molecule has 0 spiro atoms. The SMILES string of the molecule is Cc1cccn(Cc2ccccc2CC(=O)NN)c1=O. The van der Waals surface area contributed by atoms with Gasteiger partial charge in [0.2, 0.25) is 5.91 Å². The number of aromatic nitrogens is 1. The molecule has 5 nitrogen and oxygen atoms in total. The molecule has 0 atom stereocenters. The summed E-state index contributed by atoms with van der Waals surface area (Å²) in [6, 6.07) is 11.2. The first-order valence-electron chi connectivity index (χ1n) is 6.34. The minimum Gasteiger partial charge on any atom is -0.311 e. The molecule has 2 aromatic rings. The van der Waals surface area contributed by atoms with Crippen LogP contribution in [0.3, 0.4) is 0 Å². The molecule has 0 bridgehead atoms. The summed E-state index contributed by atoms with van der Waals surface area (Å²) in [4.78, 5) is 23.4. The van der Waals surface area contributed by atoms with Crippen molar-refractivity contribution >= 4 is 5.91 Å². The second-order valence-corrected chi connectivity index (χ2v) is 4.64. The topological polar surface area (TPSA) is 77.1 Å². The van der Waals surface area contributed by atoms with Gasteiger partial charge < -0.3 is 4.57 Å². The van der Waals surface area contributed by atoms with Crippen molar-refractivity contribution in [3.63, 3.8) is 0 Å². The highest BCUT2D eigenvalue weighted by molar-refractivity contribution is 5.78. The van der Waals surface area contributed by atoms with Gasteiger partial charge >= 0.3 is 0 Å². The molecule has 0 saturated carbocycles. The van der Waals surface area contributed by atoms with Crippen LogP contribution >= 0.6 is 0 Å². The molecule has 104 valence electrons. The minimum absolute atomic E-state index is 0.0226. The lowest BCUT2D eigenvalue weighted by Gasteiger charge is -2.11. The van der Waals surface area contributed by atoms with E-state index >= 15 is 0 Å². The van der Waals surface area contributed by atoms with Crippen LogP contribution in [0.2, 0.25) is 0 Å². The number of carbonyl (C=O) groups is 1. The van der Waals surface area contributed by atoms with Crippen molar-refractivity contribution in [2.24, 2.45) is 5.84 Å². The average Bonchev–Trinajstić information content (AvgIpc) is 2.45. The van der Waals surface area contributed by atoms with Gasteiger partial charge in [0.15, 0.2) is 0 Å². The number of aryl methyl sites for hydroxylation is 1. The van der Waals surface area contributed by atoms with E-state index in [0.717, 1.165) is 11.1 Å². The summed E-state index contributed by atoms with van der Waals surface area (Å²) in [6.07, 6.45) is 1.95. The molecular formula is C15H17N3O2. The lowest BCUT2D eigenvalue weighted by molar-refractivity contribution is -0.120. The molecule has 0 fully saturated rings. The highest BCUT2D eigenvalue weighted by Crippen LogP contribution is 2.11. The number of carbonyl (C=O) groups excluding carboxylic acids is 1. The Bertz CT molecular complexity index is 677. The van der Waals surface area contributed by atoms with E-state index in [1.807, 2.05) is 30.3 Å². The Balaban J connectivity index is 2.32. The fraction of sp³-hybridized carbons (Fsp3) is 0.200. The number of nitrogens with two attached hydrogens (primary N) is 1. The van der Waals surface area contributed by atoms with Crippen molar-refractivity contribution in [3.05, 3.63) is 69.6 Å². The number of amides is 1. The van der Waals surface area contributed by atoms with Crippen LogP contribution in [0, 0.1) is 6.92 Å². The van der Waals surface area contributed by atoms with Crippen LogP contribution in [0.25, 0.3) is 0 Å². The quantitative estimate of drug-likeness (QED) is 0.489. The number of nitrogens with zero attached hydrogens (tertiary/aromatic N) is 1. The second kappa shape index (κ2) is 6.16. The van der Waals surface area contributed by atoms with E-state index in [1.165, 1.54) is 0 Å². The largest absolute Gasteiger partial charge is 0.311 e. The van der Waals surface area contributed by atoms with Gasteiger partial charge in [-0.1, -0.05) is 30.3 Å². The van der Waals surface area contributed by atoms with E-state index in [0.29, 0.717) is 12.1 Å². The Morgan fingerprint density at radius 1 is 1.20 bits per heavy atom. The molecule has 1 amide bonds. The molecule has 3 N–H and O–H groups in total. The van der Waals surface area contributed by atoms with Gasteiger partial charge in [-0.05, 0) is 24.1 Å². The van der Waals surface area contributed by atoms with Crippen molar-refractivity contribution in [2.45, 2.75) is 19.9 Å². The monoisotopic (exact) mass is 271 g/mol. The second-order valence-electron chi connectivity index (χ2n) is 4.64. The zero-order chi connectivity index (χ0) is 14.5. The van der Waals surface area contributed by atoms with Gasteiger partial charge in [0, 0.05) is 11.8 Å². The van der Waals surface area contributed by atoms with Gasteiger partial charge in [0.1, 0.15) is 0 Å². The summed E-state index contributed by atoms with van der Waals surface area (Å²) in [6.45, 7) is 2.22. The van der Waals surface area contributed by atoms with Gasteiger partial charge in [0.25, 0.3) is 5.56 Å². The number of hydrogen-bond donors (Lipinski definition) is 2. The first-order chi connectivity index (χ1) is 9.61. The maximum atomic E-state index is 12.0. The molecule has 1 aromatic carbocycles. The fourth-order valence-electron chi connectivity index (χ4n) is 2.07. The number of benzene rings is 1. The summed E-state index contributed by atoms with van der Waals surface area (Å²) in [5.41, 5.74) is 4.59. The zero-order valence-corrected chi connectivity index (χ0v) is 11.3. The first kappa shape index (κ1) is 14.0. The summed E-state index contributed by atoms with van der Waals surface area (Å²) < 4.78 is 1.63. The number of rotatable bonds is 4. The van der Waals surface area contributed by atoms with Crippen LogP contribution in [0.1, 0.15) is 16.7 Å². The molecule has 0 aliphatic heterocycles. The summed E-state index contributed by atoms with van der Waals surface area (Å²) in [7, 11) is 0. The lowest BCUT2D eigenvalue weighted by Crippen LogP contribution is -2.31. The molecular weight excluding hydrogens is 254 g/mol. The number of hydrogen-bond acceptors (Lipinski definition) is 3. The number of nitrogens with one attached hydrogen (secondary N) is 1. The lowest BCUT2D eigenvalue weighted by atomic mass is 10.0. The minimum atomic E-state index is -0.256. The Morgan fingerprint density at radius 2 is 1.90 bits per heavy atom. The van der Waals surface area contributed by atoms with Gasteiger partial charge in [-0.3, -0.25) is 15.0 Å². The van der Waals surface area contributed by atoms with Gasteiger partial charge in [0.05, 0.1) is 13.0 Å². The molecule has 0 aliphatic carbocycles. The predicted molar refractivity (Wildman–Crippen MR) is 77.0 cm³/mol. The highest BCUT2D eigenvalue weighted by atomic mass is 16.2. The third-order valence-corrected chi connectivity index (χ3v) is 3.18. The van der Waals surface area contributed by atoms with E-state index in [-0.39, 0.29) is 17.9 Å².